The second-order valence-electron chi connectivity index (χ2n) is 7.92. The van der Waals surface area contributed by atoms with Crippen molar-refractivity contribution in [3.05, 3.63) is 59.7 Å². The average Bonchev–Trinajstić information content (AvgIpc) is 2.74. The first kappa shape index (κ1) is 22.9. The summed E-state index contributed by atoms with van der Waals surface area (Å²) in [4.78, 5) is 17.8. The summed E-state index contributed by atoms with van der Waals surface area (Å²) in [6.07, 6.45) is 3.48. The van der Waals surface area contributed by atoms with E-state index < -0.39 is 8.68 Å². The van der Waals surface area contributed by atoms with Crippen LogP contribution in [0.4, 0.5) is 5.69 Å². The molecule has 0 aromatic heterocycles. The van der Waals surface area contributed by atoms with E-state index in [4.69, 9.17) is 16.3 Å². The lowest BCUT2D eigenvalue weighted by Crippen LogP contribution is -2.46. The monoisotopic (exact) mass is 445 g/mol. The number of benzene rings is 2. The van der Waals surface area contributed by atoms with Gasteiger partial charge in [0.15, 0.2) is 5.78 Å². The number of aryl methyl sites for hydroxylation is 1. The molecule has 0 radical (unpaired) electrons. The van der Waals surface area contributed by atoms with Crippen LogP contribution in [0.3, 0.4) is 0 Å². The number of rotatable bonds is 9. The molecule has 0 spiro atoms. The maximum absolute atomic E-state index is 12.5. The number of Topliss-reactive ketones (excluding diaryl/α,β-unsaturated/α-hetero) is 1. The Balaban J connectivity index is 1.36. The Morgan fingerprint density at radius 2 is 1.73 bits per heavy atom. The quantitative estimate of drug-likeness (QED) is 0.472. The fourth-order valence-corrected chi connectivity index (χ4v) is 5.24. The number of hydrogen-bond donors (Lipinski definition) is 1. The molecule has 5 nitrogen and oxygen atoms in total. The number of ketones is 1. The van der Waals surface area contributed by atoms with Crippen molar-refractivity contribution in [2.75, 3.05) is 37.6 Å². The predicted molar refractivity (Wildman–Crippen MR) is 127 cm³/mol. The second-order valence-corrected chi connectivity index (χ2v) is 10.9. The summed E-state index contributed by atoms with van der Waals surface area (Å²) < 4.78 is 12.0. The molecule has 0 aliphatic carbocycles. The van der Waals surface area contributed by atoms with Crippen molar-refractivity contribution >= 4 is 31.3 Å². The summed E-state index contributed by atoms with van der Waals surface area (Å²) in [7, 11) is -2.98. The Labute approximate surface area is 185 Å². The van der Waals surface area contributed by atoms with Crippen molar-refractivity contribution < 1.29 is 9.00 Å². The number of piperazine rings is 1. The van der Waals surface area contributed by atoms with Crippen LogP contribution in [-0.2, 0) is 19.9 Å². The molecule has 0 saturated carbocycles. The molecule has 1 atom stereocenters. The lowest BCUT2D eigenvalue weighted by molar-refractivity contribution is 0.0978. The molecule has 1 heterocycles. The lowest BCUT2D eigenvalue weighted by Gasteiger charge is -2.36. The molecule has 1 fully saturated rings. The molecule has 0 bridgehead atoms. The summed E-state index contributed by atoms with van der Waals surface area (Å²) in [6.45, 7) is 7.18. The summed E-state index contributed by atoms with van der Waals surface area (Å²) >= 11 is 4.89. The first-order valence-electron chi connectivity index (χ1n) is 10.5. The van der Waals surface area contributed by atoms with E-state index in [9.17, 15) is 9.00 Å². The van der Waals surface area contributed by atoms with Crippen LogP contribution in [0.5, 0.6) is 0 Å². The average molecular weight is 446 g/mol. The Hall–Kier alpha value is -1.80. The predicted octanol–water partition coefficient (Wildman–Crippen LogP) is 3.54. The third-order valence-corrected chi connectivity index (χ3v) is 7.28. The van der Waals surface area contributed by atoms with E-state index in [0.29, 0.717) is 16.9 Å². The zero-order chi connectivity index (χ0) is 21.6. The minimum atomic E-state index is -2.98. The van der Waals surface area contributed by atoms with Gasteiger partial charge < -0.3 is 4.90 Å². The molecule has 1 aliphatic heterocycles. The smallest absolute Gasteiger partial charge is 0.162 e. The van der Waals surface area contributed by atoms with E-state index in [0.717, 1.165) is 57.5 Å². The molecule has 2 aromatic carbocycles. The van der Waals surface area contributed by atoms with Gasteiger partial charge in [-0.15, -0.1) is 0 Å². The molecular formula is C23H31N3O2S2. The minimum absolute atomic E-state index is 0.0615. The van der Waals surface area contributed by atoms with Crippen molar-refractivity contribution in [2.24, 2.45) is 5.14 Å². The molecule has 30 heavy (non-hydrogen) atoms. The zero-order valence-electron chi connectivity index (χ0n) is 17.6. The Morgan fingerprint density at radius 3 is 2.40 bits per heavy atom. The molecule has 1 saturated heterocycles. The van der Waals surface area contributed by atoms with Gasteiger partial charge in [-0.25, -0.2) is 9.35 Å². The topological polar surface area (TPSA) is 66.6 Å². The highest BCUT2D eigenvalue weighted by atomic mass is 32.8. The van der Waals surface area contributed by atoms with Crippen molar-refractivity contribution in [2.45, 2.75) is 37.5 Å². The minimum Gasteiger partial charge on any atom is -0.369 e. The molecular weight excluding hydrogens is 414 g/mol. The molecule has 1 unspecified atom stereocenters. The highest BCUT2D eigenvalue weighted by Gasteiger charge is 2.17. The highest BCUT2D eigenvalue weighted by Crippen LogP contribution is 2.19. The SMILES string of the molecule is Cc1ccc(C(=O)CCCCCN2CCN(c3ccccc3)CC2)cc1S(N)(=O)=S. The fourth-order valence-electron chi connectivity index (χ4n) is 3.89. The van der Waals surface area contributed by atoms with Crippen LogP contribution in [0, 0.1) is 6.92 Å². The molecule has 1 aliphatic rings. The maximum atomic E-state index is 12.5. The maximum Gasteiger partial charge on any atom is 0.162 e. The number of carbonyl (C=O) groups excluding carboxylic acids is 1. The van der Waals surface area contributed by atoms with Crippen molar-refractivity contribution in [1.82, 2.24) is 4.90 Å². The van der Waals surface area contributed by atoms with Gasteiger partial charge in [0.1, 0.15) is 8.68 Å². The number of nitrogens with two attached hydrogens (primary N) is 1. The number of carbonyl (C=O) groups is 1. The van der Waals surface area contributed by atoms with Crippen LogP contribution in [-0.4, -0.2) is 47.6 Å². The highest BCUT2D eigenvalue weighted by molar-refractivity contribution is 8.31. The van der Waals surface area contributed by atoms with E-state index in [-0.39, 0.29) is 5.78 Å². The van der Waals surface area contributed by atoms with Crippen molar-refractivity contribution in [1.29, 1.82) is 0 Å². The molecule has 2 N–H and O–H groups in total. The molecule has 162 valence electrons. The van der Waals surface area contributed by atoms with Gasteiger partial charge in [0.2, 0.25) is 0 Å². The van der Waals surface area contributed by atoms with Crippen LogP contribution < -0.4 is 10.0 Å². The number of unbranched alkanes of at least 4 members (excludes halogenated alkanes) is 2. The standard InChI is InChI=1S/C23H31N3O2S2/c1-19-11-12-20(18-23(19)30(24,28)29)22(27)10-6-3-7-13-25-14-16-26(17-15-25)21-8-4-2-5-9-21/h2,4-5,8-9,11-12,18H,3,6-7,10,13-17H2,1H3,(H2,24,28,29). The Morgan fingerprint density at radius 1 is 1.03 bits per heavy atom. The molecule has 3 rings (SSSR count). The van der Waals surface area contributed by atoms with E-state index >= 15 is 0 Å². The first-order chi connectivity index (χ1) is 14.3. The first-order valence-corrected chi connectivity index (χ1v) is 13.1. The number of hydrogen-bond acceptors (Lipinski definition) is 5. The lowest BCUT2D eigenvalue weighted by atomic mass is 10.0. The fraction of sp³-hybridized carbons (Fsp3) is 0.435. The van der Waals surface area contributed by atoms with Crippen molar-refractivity contribution in [3.8, 4) is 0 Å². The van der Waals surface area contributed by atoms with E-state index in [1.165, 1.54) is 5.69 Å². The van der Waals surface area contributed by atoms with E-state index in [1.807, 2.05) is 6.92 Å². The van der Waals surface area contributed by atoms with Crippen LogP contribution in [0.1, 0.15) is 41.6 Å². The third-order valence-electron chi connectivity index (χ3n) is 5.69. The van der Waals surface area contributed by atoms with Crippen LogP contribution in [0.2, 0.25) is 0 Å². The summed E-state index contributed by atoms with van der Waals surface area (Å²) in [5.41, 5.74) is 2.62. The Bertz CT molecular complexity index is 954. The number of anilines is 1. The van der Waals surface area contributed by atoms with Gasteiger partial charge in [-0.3, -0.25) is 9.69 Å². The number of nitrogens with zero attached hydrogens (tertiary/aromatic N) is 2. The second kappa shape index (κ2) is 10.5. The molecule has 2 aromatic rings. The van der Waals surface area contributed by atoms with Crippen LogP contribution in [0.25, 0.3) is 0 Å². The van der Waals surface area contributed by atoms with Crippen LogP contribution in [0.15, 0.2) is 53.4 Å². The van der Waals surface area contributed by atoms with Crippen molar-refractivity contribution in [3.63, 3.8) is 0 Å². The summed E-state index contributed by atoms with van der Waals surface area (Å²) in [5, 5.41) is 5.60. The molecule has 7 heteroatoms. The van der Waals surface area contributed by atoms with E-state index in [2.05, 4.69) is 40.1 Å². The third kappa shape index (κ3) is 6.35. The zero-order valence-corrected chi connectivity index (χ0v) is 19.2. The van der Waals surface area contributed by atoms with Gasteiger partial charge in [-0.2, -0.15) is 0 Å². The van der Waals surface area contributed by atoms with Gasteiger partial charge in [-0.1, -0.05) is 36.8 Å². The Kier molecular flexibility index (Phi) is 7.99. The summed E-state index contributed by atoms with van der Waals surface area (Å²) in [6, 6.07) is 15.7. The summed E-state index contributed by atoms with van der Waals surface area (Å²) in [5.74, 6) is 0.0615. The van der Waals surface area contributed by atoms with Gasteiger partial charge in [-0.05, 0) is 50.1 Å². The number of para-hydroxylation sites is 1. The normalized spacial score (nSPS) is 16.9. The van der Waals surface area contributed by atoms with Gasteiger partial charge in [0, 0.05) is 55.0 Å². The van der Waals surface area contributed by atoms with E-state index in [1.54, 1.807) is 18.2 Å². The van der Waals surface area contributed by atoms with Gasteiger partial charge >= 0.3 is 0 Å². The molecule has 0 amide bonds. The largest absolute Gasteiger partial charge is 0.369 e. The van der Waals surface area contributed by atoms with Gasteiger partial charge in [0.05, 0.1) is 4.90 Å². The van der Waals surface area contributed by atoms with Gasteiger partial charge in [0.25, 0.3) is 0 Å². The van der Waals surface area contributed by atoms with Crippen LogP contribution >= 0.6 is 0 Å².